The van der Waals surface area contributed by atoms with Crippen LogP contribution in [0.2, 0.25) is 0 Å². The number of pyridine rings is 1. The summed E-state index contributed by atoms with van der Waals surface area (Å²) in [6, 6.07) is 5.53. The lowest BCUT2D eigenvalue weighted by Crippen LogP contribution is -2.06. The highest BCUT2D eigenvalue weighted by molar-refractivity contribution is 7.97. The number of nitrogens with two attached hydrogens (primary N) is 1. The Morgan fingerprint density at radius 3 is 2.92 bits per heavy atom. The topological polar surface area (TPSA) is 75.1 Å². The molecule has 0 unspecified atom stereocenters. The quantitative estimate of drug-likeness (QED) is 0.442. The summed E-state index contributed by atoms with van der Waals surface area (Å²) in [6.45, 7) is 0. The van der Waals surface area contributed by atoms with Crippen LogP contribution < -0.4 is 5.73 Å². The van der Waals surface area contributed by atoms with Crippen molar-refractivity contribution in [1.82, 2.24) is 4.98 Å². The van der Waals surface area contributed by atoms with E-state index in [2.05, 4.69) is 9.38 Å². The van der Waals surface area contributed by atoms with E-state index in [-0.39, 0.29) is 5.84 Å². The van der Waals surface area contributed by atoms with Gasteiger partial charge >= 0.3 is 0 Å². The van der Waals surface area contributed by atoms with Gasteiger partial charge in [-0.15, -0.1) is 0 Å². The van der Waals surface area contributed by atoms with Gasteiger partial charge in [0.2, 0.25) is 5.84 Å². The van der Waals surface area contributed by atoms with Gasteiger partial charge in [0.25, 0.3) is 0 Å². The maximum atomic E-state index is 8.30. The predicted octanol–water partition coefficient (Wildman–Crippen LogP) is 1.11. The second-order valence-electron chi connectivity index (χ2n) is 2.22. The summed E-state index contributed by atoms with van der Waals surface area (Å²) >= 11 is 1.25. The molecule has 1 aromatic heterocycles. The minimum atomic E-state index is -0.000874. The molecule has 1 rings (SSSR count). The smallest absolute Gasteiger partial charge is 0.210 e. The number of aromatic nitrogens is 1. The second-order valence-corrected chi connectivity index (χ2v) is 2.95. The van der Waals surface area contributed by atoms with Crippen LogP contribution in [-0.4, -0.2) is 10.8 Å². The Morgan fingerprint density at radius 1 is 1.62 bits per heavy atom. The molecule has 0 aliphatic heterocycles. The molecule has 4 nitrogen and oxygen atoms in total. The molecule has 0 saturated heterocycles. The van der Waals surface area contributed by atoms with Crippen molar-refractivity contribution in [3.8, 4) is 6.07 Å². The maximum absolute atomic E-state index is 8.30. The molecule has 66 valence electrons. The zero-order valence-electron chi connectivity index (χ0n) is 6.84. The zero-order valence-corrected chi connectivity index (χ0v) is 7.66. The first kappa shape index (κ1) is 9.55. The summed E-state index contributed by atoms with van der Waals surface area (Å²) in [5.74, 6) is 0.698. The van der Waals surface area contributed by atoms with E-state index in [0.29, 0.717) is 5.75 Å². The highest BCUT2D eigenvalue weighted by atomic mass is 32.2. The molecule has 0 atom stereocenters. The second kappa shape index (κ2) is 5.17. The van der Waals surface area contributed by atoms with Gasteiger partial charge in [-0.2, -0.15) is 9.66 Å². The van der Waals surface area contributed by atoms with Crippen LogP contribution in [0.5, 0.6) is 0 Å². The Hall–Kier alpha value is -1.54. The Bertz CT molecular complexity index is 328. The van der Waals surface area contributed by atoms with Crippen molar-refractivity contribution in [1.29, 1.82) is 5.26 Å². The van der Waals surface area contributed by atoms with Crippen LogP contribution in [0.3, 0.4) is 0 Å². The molecule has 0 saturated carbocycles. The van der Waals surface area contributed by atoms with E-state index < -0.39 is 0 Å². The Kier molecular flexibility index (Phi) is 3.79. The summed E-state index contributed by atoms with van der Waals surface area (Å²) < 4.78 is 3.77. The first-order valence-electron chi connectivity index (χ1n) is 3.57. The summed E-state index contributed by atoms with van der Waals surface area (Å²) in [4.78, 5) is 3.88. The van der Waals surface area contributed by atoms with Crippen molar-refractivity contribution in [3.05, 3.63) is 30.1 Å². The normalized spacial score (nSPS) is 10.8. The van der Waals surface area contributed by atoms with E-state index in [9.17, 15) is 0 Å². The molecule has 1 aromatic rings. The third kappa shape index (κ3) is 3.58. The van der Waals surface area contributed by atoms with Gasteiger partial charge in [0.15, 0.2) is 0 Å². The van der Waals surface area contributed by atoms with Gasteiger partial charge in [-0.25, -0.2) is 0 Å². The Labute approximate surface area is 80.6 Å². The van der Waals surface area contributed by atoms with Crippen LogP contribution >= 0.6 is 11.9 Å². The predicted molar refractivity (Wildman–Crippen MR) is 52.8 cm³/mol. The van der Waals surface area contributed by atoms with Gasteiger partial charge in [0, 0.05) is 18.1 Å². The van der Waals surface area contributed by atoms with Crippen molar-refractivity contribution in [2.24, 2.45) is 10.1 Å². The largest absolute Gasteiger partial charge is 0.374 e. The number of nitriles is 1. The number of nitrogens with zero attached hydrogens (tertiary/aromatic N) is 3. The van der Waals surface area contributed by atoms with Crippen molar-refractivity contribution in [2.75, 3.05) is 0 Å². The van der Waals surface area contributed by atoms with Crippen molar-refractivity contribution in [2.45, 2.75) is 5.75 Å². The molecule has 1 heterocycles. The fraction of sp³-hybridized carbons (Fsp3) is 0.125. The van der Waals surface area contributed by atoms with Gasteiger partial charge in [-0.05, 0) is 29.6 Å². The lowest BCUT2D eigenvalue weighted by Gasteiger charge is -1.94. The maximum Gasteiger partial charge on any atom is 0.210 e. The minimum absolute atomic E-state index is 0.000874. The summed E-state index contributed by atoms with van der Waals surface area (Å²) in [5.41, 5.74) is 6.30. The van der Waals surface area contributed by atoms with Gasteiger partial charge in [-0.3, -0.25) is 4.98 Å². The molecule has 0 aromatic carbocycles. The summed E-state index contributed by atoms with van der Waals surface area (Å²) in [7, 11) is 0. The average Bonchev–Trinajstić information content (AvgIpc) is 2.19. The van der Waals surface area contributed by atoms with E-state index in [4.69, 9.17) is 11.0 Å². The molecule has 0 aliphatic rings. The van der Waals surface area contributed by atoms with Gasteiger partial charge < -0.3 is 5.73 Å². The van der Waals surface area contributed by atoms with Crippen molar-refractivity contribution in [3.63, 3.8) is 0 Å². The monoisotopic (exact) mass is 192 g/mol. The summed E-state index contributed by atoms with van der Waals surface area (Å²) in [6.07, 6.45) is 3.43. The molecule has 2 N–H and O–H groups in total. The SMILES string of the molecule is N#CC(N)=NSCc1ccncc1. The van der Waals surface area contributed by atoms with Gasteiger partial charge in [-0.1, -0.05) is 0 Å². The van der Waals surface area contributed by atoms with Crippen LogP contribution in [0.15, 0.2) is 28.9 Å². The number of rotatable bonds is 3. The van der Waals surface area contributed by atoms with Crippen LogP contribution in [0, 0.1) is 11.3 Å². The highest BCUT2D eigenvalue weighted by Crippen LogP contribution is 2.11. The molecule has 0 fully saturated rings. The fourth-order valence-corrected chi connectivity index (χ4v) is 1.26. The summed E-state index contributed by atoms with van der Waals surface area (Å²) in [5, 5.41) is 8.30. The van der Waals surface area contributed by atoms with E-state index in [1.807, 2.05) is 12.1 Å². The molecule has 0 bridgehead atoms. The first-order valence-corrected chi connectivity index (χ1v) is 4.51. The fourth-order valence-electron chi connectivity index (χ4n) is 0.676. The number of hydrogen-bond donors (Lipinski definition) is 1. The molecular weight excluding hydrogens is 184 g/mol. The molecule has 5 heteroatoms. The highest BCUT2D eigenvalue weighted by Gasteiger charge is 1.91. The van der Waals surface area contributed by atoms with E-state index in [0.717, 1.165) is 5.56 Å². The molecule has 0 radical (unpaired) electrons. The number of hydrogen-bond acceptors (Lipinski definition) is 4. The van der Waals surface area contributed by atoms with E-state index in [1.54, 1.807) is 18.5 Å². The van der Waals surface area contributed by atoms with Crippen LogP contribution in [0.4, 0.5) is 0 Å². The number of amidine groups is 1. The third-order valence-electron chi connectivity index (χ3n) is 1.26. The third-order valence-corrected chi connectivity index (χ3v) is 2.05. The lowest BCUT2D eigenvalue weighted by atomic mass is 10.3. The van der Waals surface area contributed by atoms with Crippen LogP contribution in [-0.2, 0) is 5.75 Å². The van der Waals surface area contributed by atoms with E-state index in [1.165, 1.54) is 11.9 Å². The molecular formula is C8H8N4S. The van der Waals surface area contributed by atoms with Gasteiger partial charge in [0.1, 0.15) is 6.07 Å². The minimum Gasteiger partial charge on any atom is -0.374 e. The molecule has 0 amide bonds. The lowest BCUT2D eigenvalue weighted by molar-refractivity contribution is 1.27. The zero-order chi connectivity index (χ0) is 9.52. The van der Waals surface area contributed by atoms with Gasteiger partial charge in [0.05, 0.1) is 0 Å². The molecule has 13 heavy (non-hydrogen) atoms. The standard InChI is InChI=1S/C8H8N4S/c9-5-8(10)12-13-6-7-1-3-11-4-2-7/h1-4H,6H2,(H2,10,12). The van der Waals surface area contributed by atoms with Crippen LogP contribution in [0.1, 0.15) is 5.56 Å². The Morgan fingerprint density at radius 2 is 2.31 bits per heavy atom. The molecule has 0 spiro atoms. The van der Waals surface area contributed by atoms with Crippen molar-refractivity contribution >= 4 is 17.8 Å². The first-order chi connectivity index (χ1) is 6.33. The van der Waals surface area contributed by atoms with Crippen molar-refractivity contribution < 1.29 is 0 Å². The average molecular weight is 192 g/mol. The Balaban J connectivity index is 2.41. The van der Waals surface area contributed by atoms with Crippen LogP contribution in [0.25, 0.3) is 0 Å². The molecule has 0 aliphatic carbocycles. The van der Waals surface area contributed by atoms with E-state index >= 15 is 0 Å².